The summed E-state index contributed by atoms with van der Waals surface area (Å²) in [6.45, 7) is 5.23. The number of benzene rings is 1. The van der Waals surface area contributed by atoms with Crippen LogP contribution in [0.2, 0.25) is 0 Å². The standard InChI is InChI=1S/C21H24N6O3S/c1-14-2-5-18(23-13-14)26-19(28)6-7-22-20(29)24-15-3-4-16-17(12-15)31-21(25-16)27-8-10-30-11-9-27/h2-5,12-13H,6-11H2,1H3,(H2,22,24,29)(H,23,26,28). The molecular formula is C21H24N6O3S. The van der Waals surface area contributed by atoms with Crippen LogP contribution in [-0.4, -0.2) is 54.8 Å². The Morgan fingerprint density at radius 2 is 2.00 bits per heavy atom. The summed E-state index contributed by atoms with van der Waals surface area (Å²) in [6, 6.07) is 8.88. The van der Waals surface area contributed by atoms with Gasteiger partial charge in [0.1, 0.15) is 5.82 Å². The number of pyridine rings is 1. The van der Waals surface area contributed by atoms with Gasteiger partial charge in [-0.15, -0.1) is 0 Å². The van der Waals surface area contributed by atoms with Crippen LogP contribution in [0.5, 0.6) is 0 Å². The molecule has 0 atom stereocenters. The average molecular weight is 441 g/mol. The number of carbonyl (C=O) groups is 2. The monoisotopic (exact) mass is 440 g/mol. The second-order valence-electron chi connectivity index (χ2n) is 7.18. The quantitative estimate of drug-likeness (QED) is 0.544. The molecule has 0 spiro atoms. The number of nitrogens with zero attached hydrogens (tertiary/aromatic N) is 3. The highest BCUT2D eigenvalue weighted by molar-refractivity contribution is 7.22. The van der Waals surface area contributed by atoms with Crippen molar-refractivity contribution in [2.75, 3.05) is 48.4 Å². The Labute approximate surface area is 183 Å². The number of hydrogen-bond acceptors (Lipinski definition) is 7. The van der Waals surface area contributed by atoms with Crippen molar-refractivity contribution < 1.29 is 14.3 Å². The predicted octanol–water partition coefficient (Wildman–Crippen LogP) is 2.99. The summed E-state index contributed by atoms with van der Waals surface area (Å²) in [5.41, 5.74) is 2.60. The van der Waals surface area contributed by atoms with Crippen LogP contribution in [0, 0.1) is 6.92 Å². The molecule has 3 heterocycles. The maximum absolute atomic E-state index is 12.2. The summed E-state index contributed by atoms with van der Waals surface area (Å²) < 4.78 is 6.40. The molecule has 3 N–H and O–H groups in total. The molecule has 0 saturated carbocycles. The van der Waals surface area contributed by atoms with Crippen LogP contribution in [0.25, 0.3) is 10.2 Å². The Kier molecular flexibility index (Phi) is 6.58. The molecule has 0 radical (unpaired) electrons. The Morgan fingerprint density at radius 1 is 1.16 bits per heavy atom. The lowest BCUT2D eigenvalue weighted by Crippen LogP contribution is -2.36. The van der Waals surface area contributed by atoms with E-state index in [0.29, 0.717) is 24.7 Å². The van der Waals surface area contributed by atoms with Crippen LogP contribution in [0.1, 0.15) is 12.0 Å². The first kappa shape index (κ1) is 21.0. The number of morpholine rings is 1. The first-order chi connectivity index (χ1) is 15.1. The van der Waals surface area contributed by atoms with Crippen LogP contribution in [0.15, 0.2) is 36.5 Å². The maximum atomic E-state index is 12.2. The molecule has 0 unspecified atom stereocenters. The zero-order valence-corrected chi connectivity index (χ0v) is 18.0. The molecule has 162 valence electrons. The number of thiazole rings is 1. The van der Waals surface area contributed by atoms with Gasteiger partial charge in [0.15, 0.2) is 5.13 Å². The SMILES string of the molecule is Cc1ccc(NC(=O)CCNC(=O)Nc2ccc3nc(N4CCOCC4)sc3c2)nc1. The number of carbonyl (C=O) groups excluding carboxylic acids is 2. The minimum atomic E-state index is -0.362. The zero-order chi connectivity index (χ0) is 21.6. The van der Waals surface area contributed by atoms with Crippen molar-refractivity contribution in [3.63, 3.8) is 0 Å². The van der Waals surface area contributed by atoms with Crippen LogP contribution < -0.4 is 20.9 Å². The van der Waals surface area contributed by atoms with E-state index in [1.807, 2.05) is 31.2 Å². The number of amides is 3. The van der Waals surface area contributed by atoms with E-state index < -0.39 is 0 Å². The van der Waals surface area contributed by atoms with Gasteiger partial charge in [-0.05, 0) is 36.8 Å². The number of hydrogen-bond donors (Lipinski definition) is 3. The first-order valence-electron chi connectivity index (χ1n) is 10.1. The summed E-state index contributed by atoms with van der Waals surface area (Å²) in [5, 5.41) is 9.17. The van der Waals surface area contributed by atoms with E-state index >= 15 is 0 Å². The number of aromatic nitrogens is 2. The molecule has 2 aromatic heterocycles. The third kappa shape index (κ3) is 5.68. The number of fused-ring (bicyclic) bond motifs is 1. The molecule has 1 aromatic carbocycles. The van der Waals surface area contributed by atoms with Gasteiger partial charge in [-0.1, -0.05) is 17.4 Å². The van der Waals surface area contributed by atoms with Gasteiger partial charge in [-0.3, -0.25) is 4.79 Å². The van der Waals surface area contributed by atoms with Gasteiger partial charge in [-0.25, -0.2) is 14.8 Å². The van der Waals surface area contributed by atoms with E-state index in [2.05, 4.69) is 30.8 Å². The van der Waals surface area contributed by atoms with Gasteiger partial charge in [0.2, 0.25) is 5.91 Å². The van der Waals surface area contributed by atoms with Gasteiger partial charge < -0.3 is 25.6 Å². The normalized spacial score (nSPS) is 13.8. The maximum Gasteiger partial charge on any atom is 0.319 e. The second kappa shape index (κ2) is 9.71. The van der Waals surface area contributed by atoms with Crippen molar-refractivity contribution in [3.8, 4) is 0 Å². The molecule has 1 aliphatic heterocycles. The molecule has 0 aliphatic carbocycles. The van der Waals surface area contributed by atoms with Crippen molar-refractivity contribution in [2.24, 2.45) is 0 Å². The predicted molar refractivity (Wildman–Crippen MR) is 122 cm³/mol. The molecule has 1 saturated heterocycles. The van der Waals surface area contributed by atoms with E-state index in [9.17, 15) is 9.59 Å². The second-order valence-corrected chi connectivity index (χ2v) is 8.19. The van der Waals surface area contributed by atoms with E-state index in [0.717, 1.165) is 34.0 Å². The highest BCUT2D eigenvalue weighted by atomic mass is 32.1. The number of rotatable bonds is 6. The molecule has 10 heteroatoms. The summed E-state index contributed by atoms with van der Waals surface area (Å²) in [7, 11) is 0. The topological polar surface area (TPSA) is 108 Å². The largest absolute Gasteiger partial charge is 0.378 e. The lowest BCUT2D eigenvalue weighted by molar-refractivity contribution is -0.116. The van der Waals surface area contributed by atoms with Gasteiger partial charge >= 0.3 is 6.03 Å². The lowest BCUT2D eigenvalue weighted by Gasteiger charge is -2.25. The minimum absolute atomic E-state index is 0.153. The number of anilines is 3. The number of nitrogens with one attached hydrogen (secondary N) is 3. The summed E-state index contributed by atoms with van der Waals surface area (Å²) in [6.07, 6.45) is 1.84. The molecule has 1 fully saturated rings. The van der Waals surface area contributed by atoms with E-state index in [-0.39, 0.29) is 24.9 Å². The molecule has 31 heavy (non-hydrogen) atoms. The Balaban J connectivity index is 1.26. The first-order valence-corrected chi connectivity index (χ1v) is 10.9. The minimum Gasteiger partial charge on any atom is -0.378 e. The number of aryl methyl sites for hydroxylation is 1. The Bertz CT molecular complexity index is 1060. The van der Waals surface area contributed by atoms with Crippen molar-refractivity contribution in [1.82, 2.24) is 15.3 Å². The average Bonchev–Trinajstić information content (AvgIpc) is 3.19. The van der Waals surface area contributed by atoms with Crippen molar-refractivity contribution >= 4 is 50.1 Å². The van der Waals surface area contributed by atoms with Crippen molar-refractivity contribution in [2.45, 2.75) is 13.3 Å². The third-order valence-electron chi connectivity index (χ3n) is 4.73. The fourth-order valence-corrected chi connectivity index (χ4v) is 4.15. The van der Waals surface area contributed by atoms with E-state index in [1.54, 1.807) is 23.6 Å². The highest BCUT2D eigenvalue weighted by Gasteiger charge is 2.15. The summed E-state index contributed by atoms with van der Waals surface area (Å²) >= 11 is 1.60. The fraction of sp³-hybridized carbons (Fsp3) is 0.333. The molecule has 3 amide bonds. The molecule has 4 rings (SSSR count). The lowest BCUT2D eigenvalue weighted by atomic mass is 10.3. The smallest absolute Gasteiger partial charge is 0.319 e. The Morgan fingerprint density at radius 3 is 2.77 bits per heavy atom. The van der Waals surface area contributed by atoms with E-state index in [1.165, 1.54) is 0 Å². The van der Waals surface area contributed by atoms with Crippen LogP contribution in [0.4, 0.5) is 21.4 Å². The third-order valence-corrected chi connectivity index (χ3v) is 5.81. The van der Waals surface area contributed by atoms with Crippen molar-refractivity contribution in [1.29, 1.82) is 0 Å². The highest BCUT2D eigenvalue weighted by Crippen LogP contribution is 2.31. The van der Waals surface area contributed by atoms with Crippen LogP contribution in [0.3, 0.4) is 0 Å². The van der Waals surface area contributed by atoms with E-state index in [4.69, 9.17) is 4.74 Å². The molecule has 3 aromatic rings. The Hall–Kier alpha value is -3.24. The summed E-state index contributed by atoms with van der Waals surface area (Å²) in [4.78, 5) is 35.2. The fourth-order valence-electron chi connectivity index (χ4n) is 3.09. The molecule has 1 aliphatic rings. The molecule has 0 bridgehead atoms. The molecular weight excluding hydrogens is 416 g/mol. The van der Waals surface area contributed by atoms with Gasteiger partial charge in [0.05, 0.1) is 23.4 Å². The van der Waals surface area contributed by atoms with Gasteiger partial charge in [0, 0.05) is 37.9 Å². The van der Waals surface area contributed by atoms with Crippen LogP contribution in [-0.2, 0) is 9.53 Å². The summed E-state index contributed by atoms with van der Waals surface area (Å²) in [5.74, 6) is 0.285. The zero-order valence-electron chi connectivity index (χ0n) is 17.2. The molecule has 9 nitrogen and oxygen atoms in total. The number of ether oxygens (including phenoxy) is 1. The van der Waals surface area contributed by atoms with Crippen LogP contribution >= 0.6 is 11.3 Å². The van der Waals surface area contributed by atoms with Gasteiger partial charge in [-0.2, -0.15) is 0 Å². The van der Waals surface area contributed by atoms with Crippen molar-refractivity contribution in [3.05, 3.63) is 42.1 Å². The number of urea groups is 1. The van der Waals surface area contributed by atoms with Gasteiger partial charge in [0.25, 0.3) is 0 Å².